The van der Waals surface area contributed by atoms with Gasteiger partial charge in [0.2, 0.25) is 5.91 Å². The van der Waals surface area contributed by atoms with E-state index in [1.54, 1.807) is 0 Å². The number of hydrogen-bond acceptors (Lipinski definition) is 4. The Morgan fingerprint density at radius 3 is 2.75 bits per heavy atom. The predicted molar refractivity (Wildman–Crippen MR) is 92.4 cm³/mol. The van der Waals surface area contributed by atoms with Crippen LogP contribution in [0.3, 0.4) is 0 Å². The Balaban J connectivity index is 1.65. The van der Waals surface area contributed by atoms with Gasteiger partial charge in [0.1, 0.15) is 5.82 Å². The van der Waals surface area contributed by atoms with Gasteiger partial charge in [-0.15, -0.1) is 10.2 Å². The van der Waals surface area contributed by atoms with Crippen LogP contribution in [0.5, 0.6) is 0 Å². The van der Waals surface area contributed by atoms with Crippen molar-refractivity contribution in [1.82, 2.24) is 25.0 Å². The Morgan fingerprint density at radius 1 is 1.17 bits per heavy atom. The second kappa shape index (κ2) is 7.13. The first-order valence-corrected chi connectivity index (χ1v) is 8.47. The fourth-order valence-corrected chi connectivity index (χ4v) is 3.08. The molecule has 0 aliphatic carbocycles. The lowest BCUT2D eigenvalue weighted by atomic mass is 10.1. The third-order valence-electron chi connectivity index (χ3n) is 4.67. The first-order valence-electron chi connectivity index (χ1n) is 8.47. The molecule has 0 radical (unpaired) electrons. The third kappa shape index (κ3) is 3.82. The number of rotatable bonds is 4. The second-order valence-electron chi connectivity index (χ2n) is 6.54. The highest BCUT2D eigenvalue weighted by molar-refractivity contribution is 5.72. The number of carbonyl (C=O) groups is 1. The molecule has 128 valence electrons. The average molecular weight is 327 g/mol. The molecule has 6 nitrogen and oxygen atoms in total. The summed E-state index contributed by atoms with van der Waals surface area (Å²) in [5.74, 6) is 1.81. The maximum atomic E-state index is 11.1. The van der Waals surface area contributed by atoms with Crippen LogP contribution in [-0.2, 0) is 30.8 Å². The van der Waals surface area contributed by atoms with Crippen molar-refractivity contribution in [1.29, 1.82) is 0 Å². The molecule has 1 aromatic heterocycles. The zero-order chi connectivity index (χ0) is 17.1. The van der Waals surface area contributed by atoms with E-state index >= 15 is 0 Å². The molecule has 0 saturated carbocycles. The van der Waals surface area contributed by atoms with Gasteiger partial charge in [-0.3, -0.25) is 9.69 Å². The molecule has 0 bridgehead atoms. The van der Waals surface area contributed by atoms with Gasteiger partial charge >= 0.3 is 0 Å². The molecule has 2 heterocycles. The zero-order valence-electron chi connectivity index (χ0n) is 14.7. The van der Waals surface area contributed by atoms with Crippen molar-refractivity contribution in [2.24, 2.45) is 0 Å². The van der Waals surface area contributed by atoms with E-state index in [2.05, 4.69) is 57.0 Å². The van der Waals surface area contributed by atoms with E-state index in [1.807, 2.05) is 0 Å². The summed E-state index contributed by atoms with van der Waals surface area (Å²) in [5.41, 5.74) is 4.04. The molecule has 1 N–H and O–H groups in total. The van der Waals surface area contributed by atoms with Gasteiger partial charge in [0.15, 0.2) is 5.82 Å². The van der Waals surface area contributed by atoms with Gasteiger partial charge in [0.05, 0.1) is 6.54 Å². The number of nitrogens with one attached hydrogen (secondary N) is 1. The monoisotopic (exact) mass is 327 g/mol. The fraction of sp³-hybridized carbons (Fsp3) is 0.500. The summed E-state index contributed by atoms with van der Waals surface area (Å²) < 4.78 is 2.15. The molecule has 24 heavy (non-hydrogen) atoms. The Hall–Kier alpha value is -2.21. The Labute approximate surface area is 142 Å². The van der Waals surface area contributed by atoms with Gasteiger partial charge in [-0.05, 0) is 30.5 Å². The minimum absolute atomic E-state index is 0.0441. The molecule has 0 fully saturated rings. The van der Waals surface area contributed by atoms with Crippen molar-refractivity contribution in [3.8, 4) is 0 Å². The van der Waals surface area contributed by atoms with Crippen LogP contribution in [-0.4, -0.2) is 38.7 Å². The SMILES string of the molecule is CC(=O)NCc1nnc2n1CCN(Cc1ccc(C)c(C)c1)CC2. The van der Waals surface area contributed by atoms with Gasteiger partial charge in [-0.2, -0.15) is 0 Å². The van der Waals surface area contributed by atoms with Gasteiger partial charge in [0, 0.05) is 39.5 Å². The highest BCUT2D eigenvalue weighted by Gasteiger charge is 2.18. The molecule has 0 spiro atoms. The van der Waals surface area contributed by atoms with Gasteiger partial charge in [0.25, 0.3) is 0 Å². The van der Waals surface area contributed by atoms with Crippen LogP contribution in [0, 0.1) is 13.8 Å². The van der Waals surface area contributed by atoms with Crippen LogP contribution in [0.15, 0.2) is 18.2 Å². The Morgan fingerprint density at radius 2 is 2.00 bits per heavy atom. The number of nitrogens with zero attached hydrogens (tertiary/aromatic N) is 4. The van der Waals surface area contributed by atoms with E-state index in [0.717, 1.165) is 44.2 Å². The first-order chi connectivity index (χ1) is 11.5. The fourth-order valence-electron chi connectivity index (χ4n) is 3.08. The number of aromatic nitrogens is 3. The van der Waals surface area contributed by atoms with Crippen molar-refractivity contribution in [3.63, 3.8) is 0 Å². The molecule has 2 aromatic rings. The topological polar surface area (TPSA) is 63.1 Å². The lowest BCUT2D eigenvalue weighted by Gasteiger charge is -2.20. The molecule has 1 amide bonds. The second-order valence-corrected chi connectivity index (χ2v) is 6.54. The third-order valence-corrected chi connectivity index (χ3v) is 4.67. The molecule has 0 atom stereocenters. The van der Waals surface area contributed by atoms with Gasteiger partial charge < -0.3 is 9.88 Å². The molecule has 6 heteroatoms. The smallest absolute Gasteiger partial charge is 0.217 e. The van der Waals surface area contributed by atoms with Crippen molar-refractivity contribution < 1.29 is 4.79 Å². The summed E-state index contributed by atoms with van der Waals surface area (Å²) in [6.45, 7) is 10.0. The number of benzene rings is 1. The summed E-state index contributed by atoms with van der Waals surface area (Å²) in [6.07, 6.45) is 0.887. The lowest BCUT2D eigenvalue weighted by molar-refractivity contribution is -0.119. The van der Waals surface area contributed by atoms with Crippen LogP contribution >= 0.6 is 0 Å². The van der Waals surface area contributed by atoms with E-state index in [-0.39, 0.29) is 5.91 Å². The van der Waals surface area contributed by atoms with E-state index in [4.69, 9.17) is 0 Å². The molecule has 1 aliphatic rings. The quantitative estimate of drug-likeness (QED) is 0.926. The molecule has 1 aromatic carbocycles. The number of hydrogen-bond donors (Lipinski definition) is 1. The molecule has 3 rings (SSSR count). The molecular formula is C18H25N5O. The molecule has 0 saturated heterocycles. The van der Waals surface area contributed by atoms with Crippen molar-refractivity contribution >= 4 is 5.91 Å². The molecular weight excluding hydrogens is 302 g/mol. The van der Waals surface area contributed by atoms with Crippen LogP contribution < -0.4 is 5.32 Å². The maximum absolute atomic E-state index is 11.1. The summed E-state index contributed by atoms with van der Waals surface area (Å²) in [7, 11) is 0. The van der Waals surface area contributed by atoms with E-state index in [9.17, 15) is 4.79 Å². The van der Waals surface area contributed by atoms with E-state index in [1.165, 1.54) is 23.6 Å². The van der Waals surface area contributed by atoms with E-state index in [0.29, 0.717) is 6.54 Å². The number of carbonyl (C=O) groups excluding carboxylic acids is 1. The Kier molecular flexibility index (Phi) is 4.94. The largest absolute Gasteiger partial charge is 0.349 e. The highest BCUT2D eigenvalue weighted by atomic mass is 16.1. The van der Waals surface area contributed by atoms with Gasteiger partial charge in [-0.1, -0.05) is 18.2 Å². The van der Waals surface area contributed by atoms with E-state index < -0.39 is 0 Å². The summed E-state index contributed by atoms with van der Waals surface area (Å²) in [5, 5.41) is 11.3. The first kappa shape index (κ1) is 16.6. The predicted octanol–water partition coefficient (Wildman–Crippen LogP) is 1.59. The summed E-state index contributed by atoms with van der Waals surface area (Å²) in [6, 6.07) is 6.70. The van der Waals surface area contributed by atoms with Crippen molar-refractivity contribution in [2.75, 3.05) is 13.1 Å². The maximum Gasteiger partial charge on any atom is 0.217 e. The minimum Gasteiger partial charge on any atom is -0.349 e. The minimum atomic E-state index is -0.0441. The lowest BCUT2D eigenvalue weighted by Crippen LogP contribution is -2.27. The van der Waals surface area contributed by atoms with Crippen molar-refractivity contribution in [2.45, 2.75) is 46.8 Å². The summed E-state index contributed by atoms with van der Waals surface area (Å²) >= 11 is 0. The normalized spacial score (nSPS) is 15.0. The van der Waals surface area contributed by atoms with Gasteiger partial charge in [-0.25, -0.2) is 0 Å². The number of aryl methyl sites for hydroxylation is 2. The van der Waals surface area contributed by atoms with Crippen LogP contribution in [0.2, 0.25) is 0 Å². The molecule has 1 aliphatic heterocycles. The summed E-state index contributed by atoms with van der Waals surface area (Å²) in [4.78, 5) is 13.6. The number of amides is 1. The average Bonchev–Trinajstić information content (AvgIpc) is 2.82. The Bertz CT molecular complexity index is 737. The molecule has 0 unspecified atom stereocenters. The number of fused-ring (bicyclic) bond motifs is 1. The van der Waals surface area contributed by atoms with Crippen molar-refractivity contribution in [3.05, 3.63) is 46.5 Å². The van der Waals surface area contributed by atoms with Crippen LogP contribution in [0.1, 0.15) is 35.3 Å². The highest BCUT2D eigenvalue weighted by Crippen LogP contribution is 2.15. The zero-order valence-corrected chi connectivity index (χ0v) is 14.7. The standard InChI is InChI=1S/C18H25N5O/c1-13-4-5-16(10-14(13)2)12-22-7-6-17-20-21-18(11-19-15(3)24)23(17)9-8-22/h4-5,10H,6-9,11-12H2,1-3H3,(H,19,24). The van der Waals surface area contributed by atoms with Crippen LogP contribution in [0.4, 0.5) is 0 Å². The van der Waals surface area contributed by atoms with Crippen LogP contribution in [0.25, 0.3) is 0 Å².